The summed E-state index contributed by atoms with van der Waals surface area (Å²) >= 11 is 9.63. The van der Waals surface area contributed by atoms with Crippen LogP contribution in [-0.2, 0) is 0 Å². The first-order chi connectivity index (χ1) is 21.9. The van der Waals surface area contributed by atoms with Gasteiger partial charge in [0.1, 0.15) is 17.3 Å². The van der Waals surface area contributed by atoms with Crippen LogP contribution < -0.4 is 15.4 Å². The first kappa shape index (κ1) is 31.9. The molecular weight excluding hydrogens is 691 g/mol. The highest BCUT2D eigenvalue weighted by Gasteiger charge is 2.47. The first-order valence-electron chi connectivity index (χ1n) is 14.7. The van der Waals surface area contributed by atoms with E-state index < -0.39 is 29.1 Å². The molecule has 1 fully saturated rings. The third-order valence-corrected chi connectivity index (χ3v) is 9.06. The van der Waals surface area contributed by atoms with E-state index in [-0.39, 0.29) is 41.0 Å². The van der Waals surface area contributed by atoms with E-state index in [2.05, 4.69) is 31.7 Å². The molecular formula is C32H28BrClF3N5O4. The molecule has 1 amide bonds. The monoisotopic (exact) mass is 717 g/mol. The lowest BCUT2D eigenvalue weighted by Crippen LogP contribution is -2.35. The highest BCUT2D eigenvalue weighted by molar-refractivity contribution is 9.10. The van der Waals surface area contributed by atoms with E-state index in [0.717, 1.165) is 52.9 Å². The van der Waals surface area contributed by atoms with Crippen molar-refractivity contribution in [1.29, 1.82) is 0 Å². The Morgan fingerprint density at radius 2 is 1.80 bits per heavy atom. The maximum Gasteiger partial charge on any atom is 0.410 e. The number of rotatable bonds is 7. The number of ether oxygens (including phenoxy) is 1. The number of amides is 1. The molecule has 240 valence electrons. The van der Waals surface area contributed by atoms with E-state index in [1.165, 1.54) is 18.2 Å². The Labute approximate surface area is 275 Å². The molecule has 2 atom stereocenters. The van der Waals surface area contributed by atoms with E-state index >= 15 is 0 Å². The fraction of sp³-hybridized carbons (Fsp3) is 0.312. The van der Waals surface area contributed by atoms with Crippen LogP contribution in [0.5, 0.6) is 11.5 Å². The average Bonchev–Trinajstić information content (AvgIpc) is 3.46. The molecule has 2 aliphatic rings. The van der Waals surface area contributed by atoms with Crippen molar-refractivity contribution >= 4 is 50.6 Å². The second-order valence-electron chi connectivity index (χ2n) is 11.4. The molecule has 1 aliphatic heterocycles. The number of nitrogens with one attached hydrogen (secondary N) is 2. The number of fused-ring (bicyclic) bond motifs is 1. The van der Waals surface area contributed by atoms with Gasteiger partial charge in [0.05, 0.1) is 22.7 Å². The van der Waals surface area contributed by atoms with Crippen molar-refractivity contribution in [3.8, 4) is 11.5 Å². The SMILES string of the molecule is O=C(Nc1cc(Oc2ccc(Cl)cc2C2CCCCC2)cc([N+](=O)[O-])c1)c1cc2n(n1)[C@H](C(F)(F)F)C[C@@H](c1ccc(Br)cc1)N2. The average molecular weight is 719 g/mol. The second kappa shape index (κ2) is 13.0. The summed E-state index contributed by atoms with van der Waals surface area (Å²) in [5, 5.41) is 21.9. The van der Waals surface area contributed by atoms with E-state index in [4.69, 9.17) is 16.3 Å². The molecule has 1 aliphatic carbocycles. The zero-order valence-corrected chi connectivity index (χ0v) is 26.5. The number of aromatic nitrogens is 2. The number of non-ortho nitro benzene ring substituents is 1. The number of anilines is 2. The van der Waals surface area contributed by atoms with Crippen LogP contribution in [-0.4, -0.2) is 26.8 Å². The van der Waals surface area contributed by atoms with Crippen molar-refractivity contribution in [2.75, 3.05) is 10.6 Å². The van der Waals surface area contributed by atoms with Crippen molar-refractivity contribution in [1.82, 2.24) is 9.78 Å². The molecule has 14 heteroatoms. The van der Waals surface area contributed by atoms with Gasteiger partial charge in [-0.15, -0.1) is 0 Å². The number of hydrogen-bond donors (Lipinski definition) is 2. The molecule has 3 aromatic carbocycles. The minimum absolute atomic E-state index is 0.0152. The molecule has 1 saturated carbocycles. The fourth-order valence-corrected chi connectivity index (χ4v) is 6.53. The van der Waals surface area contributed by atoms with Gasteiger partial charge in [0.2, 0.25) is 0 Å². The van der Waals surface area contributed by atoms with Crippen LogP contribution in [0.4, 0.5) is 30.4 Å². The van der Waals surface area contributed by atoms with Crippen molar-refractivity contribution in [3.05, 3.63) is 103 Å². The van der Waals surface area contributed by atoms with Crippen LogP contribution in [0.2, 0.25) is 5.02 Å². The van der Waals surface area contributed by atoms with Gasteiger partial charge in [0, 0.05) is 34.1 Å². The number of alkyl halides is 3. The van der Waals surface area contributed by atoms with E-state index in [9.17, 15) is 28.1 Å². The predicted octanol–water partition coefficient (Wildman–Crippen LogP) is 9.96. The zero-order chi connectivity index (χ0) is 32.6. The van der Waals surface area contributed by atoms with Gasteiger partial charge in [0.15, 0.2) is 11.7 Å². The number of halogens is 5. The Morgan fingerprint density at radius 3 is 2.50 bits per heavy atom. The summed E-state index contributed by atoms with van der Waals surface area (Å²) in [7, 11) is 0. The van der Waals surface area contributed by atoms with Gasteiger partial charge < -0.3 is 15.4 Å². The van der Waals surface area contributed by atoms with Gasteiger partial charge in [-0.2, -0.15) is 18.3 Å². The van der Waals surface area contributed by atoms with Gasteiger partial charge in [-0.25, -0.2) is 4.68 Å². The third-order valence-electron chi connectivity index (χ3n) is 8.30. The van der Waals surface area contributed by atoms with Gasteiger partial charge in [0.25, 0.3) is 11.6 Å². The summed E-state index contributed by atoms with van der Waals surface area (Å²) < 4.78 is 50.2. The Balaban J connectivity index is 1.27. The standard InChI is InChI=1S/C32H28BrClF3N5O4/c33-20-8-6-19(7-9-20)26-16-29(32(35,36)37)41-30(39-26)17-27(40-41)31(43)38-22-13-23(42(44)45)15-24(14-22)46-28-11-10-21(34)12-25(28)18-4-2-1-3-5-18/h6-15,17-18,26,29,39H,1-5,16H2,(H,38,43)/t26-,29-/m0/s1. The normalized spacial score (nSPS) is 18.4. The molecule has 6 rings (SSSR count). The van der Waals surface area contributed by atoms with Gasteiger partial charge in [-0.3, -0.25) is 14.9 Å². The second-order valence-corrected chi connectivity index (χ2v) is 12.8. The van der Waals surface area contributed by atoms with E-state index in [1.54, 1.807) is 36.4 Å². The Bertz CT molecular complexity index is 1780. The van der Waals surface area contributed by atoms with E-state index in [0.29, 0.717) is 16.3 Å². The Hall–Kier alpha value is -4.10. The quantitative estimate of drug-likeness (QED) is 0.145. The summed E-state index contributed by atoms with van der Waals surface area (Å²) in [5.74, 6) is 0.00714. The number of nitro benzene ring substituents is 1. The van der Waals surface area contributed by atoms with Crippen molar-refractivity contribution in [3.63, 3.8) is 0 Å². The van der Waals surface area contributed by atoms with Crippen molar-refractivity contribution in [2.24, 2.45) is 0 Å². The molecule has 0 saturated heterocycles. The molecule has 0 bridgehead atoms. The van der Waals surface area contributed by atoms with Gasteiger partial charge in [-0.05, 0) is 60.2 Å². The number of carbonyl (C=O) groups excluding carboxylic acids is 1. The van der Waals surface area contributed by atoms with Crippen LogP contribution in [0.1, 0.15) is 78.1 Å². The van der Waals surface area contributed by atoms with Crippen LogP contribution in [0.25, 0.3) is 0 Å². The molecule has 0 radical (unpaired) electrons. The summed E-state index contributed by atoms with van der Waals surface area (Å²) in [6, 6.07) is 14.5. The summed E-state index contributed by atoms with van der Waals surface area (Å²) in [5.41, 5.74) is 0.926. The zero-order valence-electron chi connectivity index (χ0n) is 24.2. The Morgan fingerprint density at radius 1 is 1.07 bits per heavy atom. The van der Waals surface area contributed by atoms with Crippen molar-refractivity contribution < 1.29 is 27.6 Å². The third kappa shape index (κ3) is 7.00. The van der Waals surface area contributed by atoms with Crippen molar-refractivity contribution in [2.45, 2.75) is 62.7 Å². The maximum atomic E-state index is 14.2. The minimum atomic E-state index is -4.63. The molecule has 46 heavy (non-hydrogen) atoms. The van der Waals surface area contributed by atoms with Crippen LogP contribution in [0, 0.1) is 10.1 Å². The lowest BCUT2D eigenvalue weighted by atomic mass is 9.84. The lowest BCUT2D eigenvalue weighted by Gasteiger charge is -2.33. The molecule has 2 N–H and O–H groups in total. The first-order valence-corrected chi connectivity index (χ1v) is 15.9. The molecule has 0 unspecified atom stereocenters. The molecule has 4 aromatic rings. The summed E-state index contributed by atoms with van der Waals surface area (Å²) in [4.78, 5) is 24.5. The Kier molecular flexibility index (Phi) is 8.97. The molecule has 1 aromatic heterocycles. The maximum absolute atomic E-state index is 14.2. The molecule has 9 nitrogen and oxygen atoms in total. The highest BCUT2D eigenvalue weighted by atomic mass is 79.9. The number of nitrogens with zero attached hydrogens (tertiary/aromatic N) is 3. The van der Waals surface area contributed by atoms with E-state index in [1.807, 2.05) is 6.07 Å². The largest absolute Gasteiger partial charge is 0.457 e. The topological polar surface area (TPSA) is 111 Å². The number of hydrogen-bond acceptors (Lipinski definition) is 6. The predicted molar refractivity (Wildman–Crippen MR) is 171 cm³/mol. The summed E-state index contributed by atoms with van der Waals surface area (Å²) in [6.07, 6.45) is 0.274. The number of nitro groups is 1. The smallest absolute Gasteiger partial charge is 0.410 e. The minimum Gasteiger partial charge on any atom is -0.457 e. The lowest BCUT2D eigenvalue weighted by molar-refractivity contribution is -0.384. The molecule has 2 heterocycles. The van der Waals surface area contributed by atoms with Crippen LogP contribution >= 0.6 is 27.5 Å². The van der Waals surface area contributed by atoms with Gasteiger partial charge >= 0.3 is 6.18 Å². The number of benzene rings is 3. The fourth-order valence-electron chi connectivity index (χ4n) is 6.08. The van der Waals surface area contributed by atoms with Crippen LogP contribution in [0.3, 0.4) is 0 Å². The molecule has 0 spiro atoms. The highest BCUT2D eigenvalue weighted by Crippen LogP contribution is 2.44. The van der Waals surface area contributed by atoms with Crippen LogP contribution in [0.15, 0.2) is 71.2 Å². The van der Waals surface area contributed by atoms with Gasteiger partial charge in [-0.1, -0.05) is 58.9 Å². The summed E-state index contributed by atoms with van der Waals surface area (Å²) in [6.45, 7) is 0. The number of carbonyl (C=O) groups is 1.